The maximum Gasteiger partial charge on any atom is 0.123 e. The van der Waals surface area contributed by atoms with Crippen molar-refractivity contribution in [3.8, 4) is 0 Å². The van der Waals surface area contributed by atoms with Crippen molar-refractivity contribution in [1.29, 1.82) is 0 Å². The summed E-state index contributed by atoms with van der Waals surface area (Å²) in [4.78, 5) is 2.29. The Morgan fingerprint density at radius 1 is 1.56 bits per heavy atom. The molecule has 1 aliphatic heterocycles. The molecule has 88 valence electrons. The van der Waals surface area contributed by atoms with Crippen molar-refractivity contribution >= 4 is 33.4 Å². The third kappa shape index (κ3) is 2.54. The second-order valence-electron chi connectivity index (χ2n) is 4.03. The second-order valence-corrected chi connectivity index (χ2v) is 5.75. The first-order valence-corrected chi connectivity index (χ1v) is 7.65. The molecule has 4 heteroatoms. The number of benzene rings is 1. The van der Waals surface area contributed by atoms with Crippen molar-refractivity contribution in [1.82, 2.24) is 0 Å². The van der Waals surface area contributed by atoms with E-state index in [1.165, 1.54) is 17.9 Å². The molecule has 1 aromatic carbocycles. The third-order valence-corrected chi connectivity index (χ3v) is 4.77. The lowest BCUT2D eigenvalue weighted by atomic mass is 10.1. The van der Waals surface area contributed by atoms with E-state index >= 15 is 0 Å². The minimum Gasteiger partial charge on any atom is -0.371 e. The molecule has 1 saturated heterocycles. The fourth-order valence-corrected chi connectivity index (χ4v) is 3.75. The minimum absolute atomic E-state index is 0.160. The van der Waals surface area contributed by atoms with Crippen LogP contribution in [0.3, 0.4) is 0 Å². The van der Waals surface area contributed by atoms with E-state index in [2.05, 4.69) is 27.9 Å². The van der Waals surface area contributed by atoms with Crippen LogP contribution in [0.2, 0.25) is 0 Å². The molecule has 0 amide bonds. The van der Waals surface area contributed by atoms with Crippen molar-refractivity contribution < 1.29 is 4.39 Å². The van der Waals surface area contributed by atoms with E-state index < -0.39 is 0 Å². The smallest absolute Gasteiger partial charge is 0.123 e. The van der Waals surface area contributed by atoms with Crippen molar-refractivity contribution in [2.45, 2.75) is 17.8 Å². The standard InChI is InChI=1S/C12H15BrFNS/c1-15(11-4-5-16-8-11)12-3-2-10(14)6-9(12)7-13/h2-3,6,11H,4-5,7-8H2,1H3. The summed E-state index contributed by atoms with van der Waals surface area (Å²) in [6, 6.07) is 5.63. The Labute approximate surface area is 109 Å². The van der Waals surface area contributed by atoms with Crippen LogP contribution in [-0.2, 0) is 5.33 Å². The highest BCUT2D eigenvalue weighted by Gasteiger charge is 2.21. The van der Waals surface area contributed by atoms with E-state index in [0.717, 1.165) is 11.3 Å². The topological polar surface area (TPSA) is 3.24 Å². The Balaban J connectivity index is 2.24. The Morgan fingerprint density at radius 3 is 3.00 bits per heavy atom. The van der Waals surface area contributed by atoms with Gasteiger partial charge in [-0.25, -0.2) is 4.39 Å². The lowest BCUT2D eigenvalue weighted by Crippen LogP contribution is -2.31. The molecular weight excluding hydrogens is 289 g/mol. The fraction of sp³-hybridized carbons (Fsp3) is 0.500. The molecule has 1 unspecified atom stereocenters. The molecule has 16 heavy (non-hydrogen) atoms. The van der Waals surface area contributed by atoms with E-state index in [9.17, 15) is 4.39 Å². The minimum atomic E-state index is -0.160. The molecule has 0 aromatic heterocycles. The first kappa shape index (κ1) is 12.2. The molecule has 1 aromatic rings. The molecule has 0 aliphatic carbocycles. The third-order valence-electron chi connectivity index (χ3n) is 3.02. The zero-order chi connectivity index (χ0) is 11.5. The first-order chi connectivity index (χ1) is 7.72. The van der Waals surface area contributed by atoms with Crippen molar-refractivity contribution in [3.05, 3.63) is 29.6 Å². The predicted octanol–water partition coefficient (Wildman–Crippen LogP) is 3.66. The lowest BCUT2D eigenvalue weighted by Gasteiger charge is -2.28. The molecule has 0 radical (unpaired) electrons. The van der Waals surface area contributed by atoms with Crippen LogP contribution >= 0.6 is 27.7 Å². The molecule has 1 nitrogen and oxygen atoms in total. The molecule has 1 fully saturated rings. The van der Waals surface area contributed by atoms with E-state index in [0.29, 0.717) is 11.4 Å². The van der Waals surface area contributed by atoms with Gasteiger partial charge in [0.05, 0.1) is 0 Å². The maximum absolute atomic E-state index is 13.1. The van der Waals surface area contributed by atoms with Crippen LogP contribution in [0.4, 0.5) is 10.1 Å². The van der Waals surface area contributed by atoms with Crippen LogP contribution < -0.4 is 4.90 Å². The van der Waals surface area contributed by atoms with Crippen LogP contribution in [-0.4, -0.2) is 24.6 Å². The van der Waals surface area contributed by atoms with Gasteiger partial charge >= 0.3 is 0 Å². The lowest BCUT2D eigenvalue weighted by molar-refractivity contribution is 0.625. The van der Waals surface area contributed by atoms with Gasteiger partial charge in [-0.05, 0) is 35.9 Å². The molecule has 1 atom stereocenters. The van der Waals surface area contributed by atoms with E-state index in [4.69, 9.17) is 0 Å². The van der Waals surface area contributed by atoms with E-state index in [-0.39, 0.29) is 5.82 Å². The summed E-state index contributed by atoms with van der Waals surface area (Å²) in [5.41, 5.74) is 2.17. The highest BCUT2D eigenvalue weighted by Crippen LogP contribution is 2.29. The average molecular weight is 304 g/mol. The highest BCUT2D eigenvalue weighted by molar-refractivity contribution is 9.08. The first-order valence-electron chi connectivity index (χ1n) is 5.37. The Morgan fingerprint density at radius 2 is 2.38 bits per heavy atom. The summed E-state index contributed by atoms with van der Waals surface area (Å²) in [6.07, 6.45) is 1.22. The summed E-state index contributed by atoms with van der Waals surface area (Å²) in [5, 5.41) is 0.699. The molecule has 0 spiro atoms. The van der Waals surface area contributed by atoms with Crippen LogP contribution in [0, 0.1) is 5.82 Å². The van der Waals surface area contributed by atoms with Gasteiger partial charge < -0.3 is 4.90 Å². The number of rotatable bonds is 3. The van der Waals surface area contributed by atoms with Gasteiger partial charge in [-0.1, -0.05) is 15.9 Å². The largest absolute Gasteiger partial charge is 0.371 e. The average Bonchev–Trinajstić information content (AvgIpc) is 2.81. The number of nitrogens with zero attached hydrogens (tertiary/aromatic N) is 1. The predicted molar refractivity (Wildman–Crippen MR) is 73.2 cm³/mol. The quantitative estimate of drug-likeness (QED) is 0.784. The van der Waals surface area contributed by atoms with Gasteiger partial charge in [0, 0.05) is 29.9 Å². The molecular formula is C12H15BrFNS. The summed E-state index contributed by atoms with van der Waals surface area (Å²) < 4.78 is 13.1. The number of hydrogen-bond donors (Lipinski definition) is 0. The zero-order valence-electron chi connectivity index (χ0n) is 9.25. The Kier molecular flexibility index (Phi) is 4.14. The SMILES string of the molecule is CN(c1ccc(F)cc1CBr)C1CCSC1. The number of hydrogen-bond acceptors (Lipinski definition) is 2. The van der Waals surface area contributed by atoms with E-state index in [1.54, 1.807) is 12.1 Å². The van der Waals surface area contributed by atoms with Crippen LogP contribution in [0.25, 0.3) is 0 Å². The van der Waals surface area contributed by atoms with E-state index in [1.807, 2.05) is 17.8 Å². The van der Waals surface area contributed by atoms with Gasteiger partial charge in [0.2, 0.25) is 0 Å². The fourth-order valence-electron chi connectivity index (χ4n) is 2.03. The highest BCUT2D eigenvalue weighted by atomic mass is 79.9. The Hall–Kier alpha value is -0.220. The molecule has 0 N–H and O–H groups in total. The van der Waals surface area contributed by atoms with Gasteiger partial charge in [0.25, 0.3) is 0 Å². The second kappa shape index (κ2) is 5.41. The van der Waals surface area contributed by atoms with Gasteiger partial charge in [-0.2, -0.15) is 11.8 Å². The van der Waals surface area contributed by atoms with Crippen molar-refractivity contribution in [3.63, 3.8) is 0 Å². The van der Waals surface area contributed by atoms with Crippen LogP contribution in [0.1, 0.15) is 12.0 Å². The molecule has 0 bridgehead atoms. The number of alkyl halides is 1. The maximum atomic E-state index is 13.1. The summed E-state index contributed by atoms with van der Waals surface area (Å²) in [6.45, 7) is 0. The van der Waals surface area contributed by atoms with Gasteiger partial charge in [-0.3, -0.25) is 0 Å². The van der Waals surface area contributed by atoms with Crippen LogP contribution in [0.5, 0.6) is 0 Å². The van der Waals surface area contributed by atoms with Gasteiger partial charge in [0.15, 0.2) is 0 Å². The van der Waals surface area contributed by atoms with Gasteiger partial charge in [-0.15, -0.1) is 0 Å². The summed E-state index contributed by atoms with van der Waals surface area (Å²) in [5.74, 6) is 2.25. The molecule has 1 aliphatic rings. The Bertz CT molecular complexity index is 366. The summed E-state index contributed by atoms with van der Waals surface area (Å²) in [7, 11) is 2.11. The van der Waals surface area contributed by atoms with Crippen molar-refractivity contribution in [2.24, 2.45) is 0 Å². The van der Waals surface area contributed by atoms with Crippen LogP contribution in [0.15, 0.2) is 18.2 Å². The molecule has 0 saturated carbocycles. The summed E-state index contributed by atoms with van der Waals surface area (Å²) >= 11 is 5.42. The number of halogens is 2. The zero-order valence-corrected chi connectivity index (χ0v) is 11.7. The van der Waals surface area contributed by atoms with Gasteiger partial charge in [0.1, 0.15) is 5.82 Å². The normalized spacial score (nSPS) is 20.1. The van der Waals surface area contributed by atoms with Crippen molar-refractivity contribution in [2.75, 3.05) is 23.5 Å². The number of anilines is 1. The molecule has 2 rings (SSSR count). The number of thioether (sulfide) groups is 1. The monoisotopic (exact) mass is 303 g/mol. The molecule has 1 heterocycles.